The van der Waals surface area contributed by atoms with Crippen LogP contribution < -0.4 is 0 Å². The molecule has 0 saturated heterocycles. The summed E-state index contributed by atoms with van der Waals surface area (Å²) in [6.45, 7) is 1.63. The minimum Gasteiger partial charge on any atom is -0.463 e. The third-order valence-corrected chi connectivity index (χ3v) is 1.88. The van der Waals surface area contributed by atoms with Crippen molar-refractivity contribution in [2.75, 3.05) is 13.2 Å². The van der Waals surface area contributed by atoms with Crippen LogP contribution >= 0.6 is 0 Å². The highest BCUT2D eigenvalue weighted by molar-refractivity contribution is 5.69. The molecule has 0 spiro atoms. The lowest BCUT2D eigenvalue weighted by molar-refractivity contribution is -0.147. The van der Waals surface area contributed by atoms with Crippen LogP contribution in [0, 0.1) is 0 Å². The highest BCUT2D eigenvalue weighted by Crippen LogP contribution is 2.03. The molecule has 0 aromatic rings. The summed E-state index contributed by atoms with van der Waals surface area (Å²) in [5.41, 5.74) is 0. The normalized spacial score (nSPS) is 12.5. The summed E-state index contributed by atoms with van der Waals surface area (Å²) in [5.74, 6) is -0.298. The summed E-state index contributed by atoms with van der Waals surface area (Å²) in [7, 11) is 0. The molecule has 0 radical (unpaired) electrons. The van der Waals surface area contributed by atoms with E-state index in [1.807, 2.05) is 0 Å². The van der Waals surface area contributed by atoms with Crippen LogP contribution in [0.5, 0.6) is 0 Å². The SMILES string of the molecule is CCCCCCC(=O)OCC(O)CO. The fourth-order valence-corrected chi connectivity index (χ4v) is 1.01. The Bertz CT molecular complexity index is 147. The fraction of sp³-hybridized carbons (Fsp3) is 0.900. The molecule has 14 heavy (non-hydrogen) atoms. The van der Waals surface area contributed by atoms with Gasteiger partial charge in [-0.2, -0.15) is 0 Å². The van der Waals surface area contributed by atoms with Crippen LogP contribution in [0.15, 0.2) is 0 Å². The molecule has 4 nitrogen and oxygen atoms in total. The van der Waals surface area contributed by atoms with Crippen molar-refractivity contribution < 1.29 is 19.7 Å². The third kappa shape index (κ3) is 8.01. The van der Waals surface area contributed by atoms with Crippen molar-refractivity contribution in [2.45, 2.75) is 45.1 Å². The number of hydrogen-bond acceptors (Lipinski definition) is 4. The van der Waals surface area contributed by atoms with Gasteiger partial charge >= 0.3 is 5.97 Å². The molecule has 1 atom stereocenters. The first-order chi connectivity index (χ1) is 6.70. The smallest absolute Gasteiger partial charge is 0.305 e. The number of esters is 1. The zero-order chi connectivity index (χ0) is 10.8. The molecule has 0 rings (SSSR count). The van der Waals surface area contributed by atoms with E-state index in [4.69, 9.17) is 14.9 Å². The van der Waals surface area contributed by atoms with Gasteiger partial charge in [-0.3, -0.25) is 4.79 Å². The van der Waals surface area contributed by atoms with Crippen LogP contribution in [0.25, 0.3) is 0 Å². The van der Waals surface area contributed by atoms with E-state index in [-0.39, 0.29) is 19.2 Å². The van der Waals surface area contributed by atoms with Crippen LogP contribution in [0.4, 0.5) is 0 Å². The van der Waals surface area contributed by atoms with E-state index in [0.29, 0.717) is 6.42 Å². The molecule has 84 valence electrons. The molecule has 0 fully saturated rings. The average Bonchev–Trinajstić information content (AvgIpc) is 2.21. The Morgan fingerprint density at radius 2 is 2.07 bits per heavy atom. The summed E-state index contributed by atoms with van der Waals surface area (Å²) < 4.78 is 4.73. The van der Waals surface area contributed by atoms with E-state index >= 15 is 0 Å². The predicted octanol–water partition coefficient (Wildman–Crippen LogP) is 0.853. The maximum atomic E-state index is 11.0. The zero-order valence-electron chi connectivity index (χ0n) is 8.74. The molecule has 0 heterocycles. The Hall–Kier alpha value is -0.610. The van der Waals surface area contributed by atoms with Crippen molar-refractivity contribution in [1.29, 1.82) is 0 Å². The lowest BCUT2D eigenvalue weighted by Gasteiger charge is -2.07. The maximum absolute atomic E-state index is 11.0. The first-order valence-electron chi connectivity index (χ1n) is 5.15. The number of unbranched alkanes of at least 4 members (excludes halogenated alkanes) is 3. The van der Waals surface area contributed by atoms with Crippen LogP contribution in [-0.2, 0) is 9.53 Å². The molecule has 1 unspecified atom stereocenters. The maximum Gasteiger partial charge on any atom is 0.305 e. The fourth-order valence-electron chi connectivity index (χ4n) is 1.01. The quantitative estimate of drug-likeness (QED) is 0.454. The summed E-state index contributed by atoms with van der Waals surface area (Å²) >= 11 is 0. The Morgan fingerprint density at radius 3 is 2.64 bits per heavy atom. The van der Waals surface area contributed by atoms with Crippen molar-refractivity contribution in [3.63, 3.8) is 0 Å². The number of aliphatic hydroxyl groups is 2. The molecule has 0 aromatic carbocycles. The molecule has 0 amide bonds. The van der Waals surface area contributed by atoms with Gasteiger partial charge in [0, 0.05) is 6.42 Å². The number of carbonyl (C=O) groups excluding carboxylic acids is 1. The van der Waals surface area contributed by atoms with Crippen molar-refractivity contribution in [1.82, 2.24) is 0 Å². The van der Waals surface area contributed by atoms with Gasteiger partial charge < -0.3 is 14.9 Å². The lowest BCUT2D eigenvalue weighted by Crippen LogP contribution is -2.21. The Labute approximate surface area is 84.9 Å². The highest BCUT2D eigenvalue weighted by Gasteiger charge is 2.06. The summed E-state index contributed by atoms with van der Waals surface area (Å²) in [6.07, 6.45) is 3.59. The first kappa shape index (κ1) is 13.4. The predicted molar refractivity (Wildman–Crippen MR) is 52.8 cm³/mol. The van der Waals surface area contributed by atoms with Gasteiger partial charge in [-0.15, -0.1) is 0 Å². The molecule has 0 aliphatic carbocycles. The molecule has 0 aromatic heterocycles. The van der Waals surface area contributed by atoms with E-state index in [1.54, 1.807) is 0 Å². The molecule has 0 saturated carbocycles. The number of ether oxygens (including phenoxy) is 1. The van der Waals surface area contributed by atoms with Crippen LogP contribution in [-0.4, -0.2) is 35.5 Å². The van der Waals surface area contributed by atoms with E-state index in [0.717, 1.165) is 25.7 Å². The zero-order valence-corrected chi connectivity index (χ0v) is 8.74. The van der Waals surface area contributed by atoms with Crippen molar-refractivity contribution >= 4 is 5.97 Å². The van der Waals surface area contributed by atoms with Crippen molar-refractivity contribution in [2.24, 2.45) is 0 Å². The summed E-state index contributed by atoms with van der Waals surface area (Å²) in [6, 6.07) is 0. The second-order valence-electron chi connectivity index (χ2n) is 3.33. The monoisotopic (exact) mass is 204 g/mol. The van der Waals surface area contributed by atoms with Crippen LogP contribution in [0.2, 0.25) is 0 Å². The van der Waals surface area contributed by atoms with Crippen LogP contribution in [0.1, 0.15) is 39.0 Å². The minimum atomic E-state index is -0.949. The molecule has 4 heteroatoms. The van der Waals surface area contributed by atoms with Gasteiger partial charge in [0.1, 0.15) is 12.7 Å². The van der Waals surface area contributed by atoms with E-state index in [9.17, 15) is 4.79 Å². The van der Waals surface area contributed by atoms with Gasteiger partial charge in [0.15, 0.2) is 0 Å². The molecular formula is C10H20O4. The first-order valence-corrected chi connectivity index (χ1v) is 5.15. The molecule has 0 bridgehead atoms. The van der Waals surface area contributed by atoms with E-state index in [1.165, 1.54) is 0 Å². The van der Waals surface area contributed by atoms with Gasteiger partial charge in [0.25, 0.3) is 0 Å². The Balaban J connectivity index is 3.28. The average molecular weight is 204 g/mol. The van der Waals surface area contributed by atoms with Gasteiger partial charge in [0.2, 0.25) is 0 Å². The molecular weight excluding hydrogens is 184 g/mol. The van der Waals surface area contributed by atoms with Gasteiger partial charge in [0.05, 0.1) is 6.61 Å². The van der Waals surface area contributed by atoms with Crippen molar-refractivity contribution in [3.8, 4) is 0 Å². The van der Waals surface area contributed by atoms with Gasteiger partial charge in [-0.05, 0) is 6.42 Å². The van der Waals surface area contributed by atoms with E-state index in [2.05, 4.69) is 6.92 Å². The minimum absolute atomic E-state index is 0.108. The molecule has 0 aliphatic heterocycles. The number of rotatable bonds is 8. The van der Waals surface area contributed by atoms with Gasteiger partial charge in [-0.25, -0.2) is 0 Å². The Kier molecular flexibility index (Phi) is 8.57. The van der Waals surface area contributed by atoms with E-state index < -0.39 is 6.10 Å². The van der Waals surface area contributed by atoms with Gasteiger partial charge in [-0.1, -0.05) is 26.2 Å². The standard InChI is InChI=1S/C10H20O4/c1-2-3-4-5-6-10(13)14-8-9(12)7-11/h9,11-12H,2-8H2,1H3. The topological polar surface area (TPSA) is 66.8 Å². The summed E-state index contributed by atoms with van der Waals surface area (Å²) in [4.78, 5) is 11.0. The Morgan fingerprint density at radius 1 is 1.36 bits per heavy atom. The lowest BCUT2D eigenvalue weighted by atomic mass is 10.2. The summed E-state index contributed by atoms with van der Waals surface area (Å²) in [5, 5.41) is 17.3. The number of carbonyl (C=O) groups is 1. The largest absolute Gasteiger partial charge is 0.463 e. The molecule has 0 aliphatic rings. The third-order valence-electron chi connectivity index (χ3n) is 1.88. The molecule has 2 N–H and O–H groups in total. The second-order valence-corrected chi connectivity index (χ2v) is 3.33. The second kappa shape index (κ2) is 8.97. The number of hydrogen-bond donors (Lipinski definition) is 2. The highest BCUT2D eigenvalue weighted by atomic mass is 16.5. The number of aliphatic hydroxyl groups excluding tert-OH is 2. The van der Waals surface area contributed by atoms with Crippen molar-refractivity contribution in [3.05, 3.63) is 0 Å². The van der Waals surface area contributed by atoms with Crippen LogP contribution in [0.3, 0.4) is 0 Å².